The molecule has 3 rings (SSSR count). The molecule has 11 heteroatoms. The third-order valence-corrected chi connectivity index (χ3v) is 6.95. The summed E-state index contributed by atoms with van der Waals surface area (Å²) in [5, 5.41) is 12.5. The predicted octanol–water partition coefficient (Wildman–Crippen LogP) is 3.70. The zero-order chi connectivity index (χ0) is 25.1. The molecule has 0 saturated carbocycles. The minimum atomic E-state index is -3.96. The molecule has 1 atom stereocenters. The van der Waals surface area contributed by atoms with Gasteiger partial charge in [-0.25, -0.2) is 8.42 Å². The summed E-state index contributed by atoms with van der Waals surface area (Å²) in [5.74, 6) is -0.554. The van der Waals surface area contributed by atoms with Crippen LogP contribution in [-0.2, 0) is 19.6 Å². The van der Waals surface area contributed by atoms with Gasteiger partial charge in [0.25, 0.3) is 0 Å². The van der Waals surface area contributed by atoms with Gasteiger partial charge in [0.15, 0.2) is 0 Å². The lowest BCUT2D eigenvalue weighted by atomic mass is 10.1. The van der Waals surface area contributed by atoms with E-state index in [-0.39, 0.29) is 10.8 Å². The van der Waals surface area contributed by atoms with E-state index in [1.165, 1.54) is 16.9 Å². The summed E-state index contributed by atoms with van der Waals surface area (Å²) in [6, 6.07) is 12.8. The molecule has 1 N–H and O–H groups in total. The number of benzene rings is 2. The molecule has 0 saturated heterocycles. The molecule has 9 nitrogen and oxygen atoms in total. The molecule has 0 bridgehead atoms. The third-order valence-electron chi connectivity index (χ3n) is 4.75. The molecule has 2 aromatic carbocycles. The molecule has 0 unspecified atom stereocenters. The van der Waals surface area contributed by atoms with Gasteiger partial charge in [-0.15, -0.1) is 26.8 Å². The van der Waals surface area contributed by atoms with Gasteiger partial charge in [-0.3, -0.25) is 4.79 Å². The topological polar surface area (TPSA) is 116 Å². The van der Waals surface area contributed by atoms with Crippen LogP contribution in [0.15, 0.2) is 58.3 Å². The Balaban J connectivity index is 1.77. The quantitative estimate of drug-likeness (QED) is 0.365. The van der Waals surface area contributed by atoms with Crippen molar-refractivity contribution in [2.24, 2.45) is 5.92 Å². The Morgan fingerprint density at radius 3 is 2.21 bits per heavy atom. The van der Waals surface area contributed by atoms with Crippen LogP contribution in [0.1, 0.15) is 34.6 Å². The van der Waals surface area contributed by atoms with E-state index in [0.717, 1.165) is 10.6 Å². The number of carbonyl (C=O) groups is 1. The highest BCUT2D eigenvalue weighted by atomic mass is 32.2. The van der Waals surface area contributed by atoms with Crippen molar-refractivity contribution in [2.45, 2.75) is 56.1 Å². The number of esters is 1. The van der Waals surface area contributed by atoms with E-state index in [1.807, 2.05) is 30.5 Å². The van der Waals surface area contributed by atoms with Crippen molar-refractivity contribution >= 4 is 27.8 Å². The van der Waals surface area contributed by atoms with E-state index >= 15 is 0 Å². The number of hydrogen-bond donors (Lipinski definition) is 1. The maximum Gasteiger partial charge on any atom is 0.324 e. The molecule has 3 aromatic rings. The minimum Gasteiger partial charge on any atom is -0.459 e. The number of nitrogens with zero attached hydrogens (tertiary/aromatic N) is 4. The van der Waals surface area contributed by atoms with Crippen molar-refractivity contribution in [3.05, 3.63) is 48.5 Å². The summed E-state index contributed by atoms with van der Waals surface area (Å²) < 4.78 is 33.7. The lowest BCUT2D eigenvalue weighted by Gasteiger charge is -2.26. The molecule has 0 aliphatic carbocycles. The molecule has 182 valence electrons. The SMILES string of the molecule is CSc1ccc(-n2nnc(-c3ccc(S(=O)(=O)N[C@@H](C(=O)OC(C)(C)C)C(C)C)cc3)n2)cc1. The zero-order valence-corrected chi connectivity index (χ0v) is 21.6. The summed E-state index contributed by atoms with van der Waals surface area (Å²) >= 11 is 1.64. The van der Waals surface area contributed by atoms with E-state index in [0.29, 0.717) is 11.4 Å². The predicted molar refractivity (Wildman–Crippen MR) is 131 cm³/mol. The highest BCUT2D eigenvalue weighted by molar-refractivity contribution is 7.98. The van der Waals surface area contributed by atoms with Crippen LogP contribution in [-0.4, -0.2) is 52.5 Å². The number of ether oxygens (including phenoxy) is 1. The fourth-order valence-electron chi connectivity index (χ4n) is 2.99. The second-order valence-corrected chi connectivity index (χ2v) is 11.6. The van der Waals surface area contributed by atoms with Gasteiger partial charge in [0, 0.05) is 10.5 Å². The van der Waals surface area contributed by atoms with E-state index in [4.69, 9.17) is 4.74 Å². The largest absolute Gasteiger partial charge is 0.459 e. The minimum absolute atomic E-state index is 0.0190. The average Bonchev–Trinajstić information content (AvgIpc) is 3.26. The van der Waals surface area contributed by atoms with Crippen LogP contribution >= 0.6 is 11.8 Å². The van der Waals surface area contributed by atoms with Crippen molar-refractivity contribution in [1.29, 1.82) is 0 Å². The summed E-state index contributed by atoms with van der Waals surface area (Å²) in [6.07, 6.45) is 2.00. The van der Waals surface area contributed by atoms with Gasteiger partial charge < -0.3 is 4.74 Å². The lowest BCUT2D eigenvalue weighted by molar-refractivity contribution is -0.158. The number of thioether (sulfide) groups is 1. The summed E-state index contributed by atoms with van der Waals surface area (Å²) in [7, 11) is -3.96. The molecule has 0 aliphatic rings. The van der Waals surface area contributed by atoms with E-state index in [2.05, 4.69) is 20.1 Å². The Labute approximate surface area is 204 Å². The number of tetrazole rings is 1. The lowest BCUT2D eigenvalue weighted by Crippen LogP contribution is -2.47. The first-order valence-corrected chi connectivity index (χ1v) is 13.4. The Bertz CT molecular complexity index is 1230. The molecule has 0 fully saturated rings. The van der Waals surface area contributed by atoms with Crippen molar-refractivity contribution in [2.75, 3.05) is 6.26 Å². The van der Waals surface area contributed by atoms with Crippen LogP contribution in [0.4, 0.5) is 0 Å². The summed E-state index contributed by atoms with van der Waals surface area (Å²) in [4.78, 5) is 15.1. The van der Waals surface area contributed by atoms with Crippen molar-refractivity contribution in [3.8, 4) is 17.1 Å². The summed E-state index contributed by atoms with van der Waals surface area (Å²) in [5.41, 5.74) is 0.652. The molecule has 34 heavy (non-hydrogen) atoms. The van der Waals surface area contributed by atoms with Gasteiger partial charge in [0.1, 0.15) is 11.6 Å². The maximum atomic E-state index is 12.9. The fraction of sp³-hybridized carbons (Fsp3) is 0.391. The van der Waals surface area contributed by atoms with Crippen LogP contribution in [0.3, 0.4) is 0 Å². The summed E-state index contributed by atoms with van der Waals surface area (Å²) in [6.45, 7) is 8.71. The van der Waals surface area contributed by atoms with Gasteiger partial charge in [0.2, 0.25) is 15.8 Å². The highest BCUT2D eigenvalue weighted by Gasteiger charge is 2.32. The first kappa shape index (κ1) is 25.9. The second-order valence-electron chi connectivity index (χ2n) is 9.00. The second kappa shape index (κ2) is 10.2. The molecular weight excluding hydrogens is 474 g/mol. The highest BCUT2D eigenvalue weighted by Crippen LogP contribution is 2.21. The van der Waals surface area contributed by atoms with Crippen LogP contribution < -0.4 is 4.72 Å². The fourth-order valence-corrected chi connectivity index (χ4v) is 4.74. The molecular formula is C23H29N5O4S2. The molecule has 0 spiro atoms. The number of aromatic nitrogens is 4. The van der Waals surface area contributed by atoms with Crippen molar-refractivity contribution in [3.63, 3.8) is 0 Å². The van der Waals surface area contributed by atoms with E-state index in [9.17, 15) is 13.2 Å². The van der Waals surface area contributed by atoms with Gasteiger partial charge >= 0.3 is 5.97 Å². The zero-order valence-electron chi connectivity index (χ0n) is 20.0. The third kappa shape index (κ3) is 6.43. The first-order valence-electron chi connectivity index (χ1n) is 10.7. The maximum absolute atomic E-state index is 12.9. The number of hydrogen-bond acceptors (Lipinski definition) is 8. The Hall–Kier alpha value is -2.76. The van der Waals surface area contributed by atoms with Gasteiger partial charge in [0.05, 0.1) is 10.6 Å². The molecule has 0 aliphatic heterocycles. The Morgan fingerprint density at radius 1 is 1.06 bits per heavy atom. The Kier molecular flexibility index (Phi) is 7.79. The number of rotatable bonds is 8. The molecule has 1 aromatic heterocycles. The average molecular weight is 504 g/mol. The van der Waals surface area contributed by atoms with E-state index < -0.39 is 27.6 Å². The van der Waals surface area contributed by atoms with Crippen molar-refractivity contribution < 1.29 is 17.9 Å². The van der Waals surface area contributed by atoms with Crippen LogP contribution in [0.5, 0.6) is 0 Å². The normalized spacial score (nSPS) is 13.1. The Morgan fingerprint density at radius 2 is 1.68 bits per heavy atom. The number of nitrogens with one attached hydrogen (secondary N) is 1. The van der Waals surface area contributed by atoms with Crippen LogP contribution in [0.25, 0.3) is 17.1 Å². The monoisotopic (exact) mass is 503 g/mol. The molecule has 0 radical (unpaired) electrons. The van der Waals surface area contributed by atoms with Gasteiger partial charge in [-0.05, 0) is 86.7 Å². The first-order chi connectivity index (χ1) is 15.9. The standard InChI is InChI=1S/C23H29N5O4S2/c1-15(2)20(22(29)32-23(3,4)5)26-34(30,31)19-13-7-16(8-14-19)21-24-27-28(25-21)17-9-11-18(33-6)12-10-17/h7-15,20,26H,1-6H3/t20-/m1/s1. The van der Waals surface area contributed by atoms with E-state index in [1.54, 1.807) is 58.5 Å². The number of sulfonamides is 1. The smallest absolute Gasteiger partial charge is 0.324 e. The van der Waals surface area contributed by atoms with Gasteiger partial charge in [-0.2, -0.15) is 4.72 Å². The molecule has 1 heterocycles. The number of carbonyl (C=O) groups excluding carboxylic acids is 1. The van der Waals surface area contributed by atoms with Crippen molar-refractivity contribution in [1.82, 2.24) is 24.9 Å². The molecule has 0 amide bonds. The van der Waals surface area contributed by atoms with Gasteiger partial charge in [-0.1, -0.05) is 13.8 Å². The van der Waals surface area contributed by atoms with Crippen LogP contribution in [0.2, 0.25) is 0 Å². The van der Waals surface area contributed by atoms with Crippen LogP contribution in [0, 0.1) is 5.92 Å².